The van der Waals surface area contributed by atoms with E-state index in [0.29, 0.717) is 0 Å². The second-order valence-corrected chi connectivity index (χ2v) is 11.1. The van der Waals surface area contributed by atoms with Crippen LogP contribution < -0.4 is 5.32 Å². The number of hydrogen-bond acceptors (Lipinski definition) is 7. The van der Waals surface area contributed by atoms with Gasteiger partial charge >= 0.3 is 0 Å². The number of fused-ring (bicyclic) bond motifs is 5. The Morgan fingerprint density at radius 2 is 1.21 bits per heavy atom. The summed E-state index contributed by atoms with van der Waals surface area (Å²) in [7, 11) is 0. The topological polar surface area (TPSA) is 144 Å². The molecule has 3 aliphatic rings. The number of imide groups is 1. The van der Waals surface area contributed by atoms with Crippen molar-refractivity contribution in [3.8, 4) is 0 Å². The number of aliphatic hydroxyl groups excluding tert-OH is 3. The molecule has 4 unspecified atom stereocenters. The van der Waals surface area contributed by atoms with Gasteiger partial charge in [0.2, 0.25) is 17.7 Å². The van der Waals surface area contributed by atoms with Crippen molar-refractivity contribution in [3.63, 3.8) is 0 Å². The quantitative estimate of drug-likeness (QED) is 0.353. The summed E-state index contributed by atoms with van der Waals surface area (Å²) in [6.07, 6.45) is -0.287. The van der Waals surface area contributed by atoms with Crippen molar-refractivity contribution in [3.05, 3.63) is 71.8 Å². The summed E-state index contributed by atoms with van der Waals surface area (Å²) in [5.74, 6) is -3.58. The summed E-state index contributed by atoms with van der Waals surface area (Å²) in [6, 6.07) is 18.9. The van der Waals surface area contributed by atoms with Gasteiger partial charge in [0.25, 0.3) is 0 Å². The molecule has 1 saturated carbocycles. The molecule has 2 aromatic carbocycles. The van der Waals surface area contributed by atoms with Crippen LogP contribution in [0, 0.1) is 22.7 Å². The maximum atomic E-state index is 14.2. The molecule has 39 heavy (non-hydrogen) atoms. The lowest BCUT2D eigenvalue weighted by molar-refractivity contribution is -0.145. The number of amides is 3. The number of carbonyl (C=O) groups excluding carboxylic acids is 4. The van der Waals surface area contributed by atoms with Crippen LogP contribution in [-0.2, 0) is 19.2 Å². The van der Waals surface area contributed by atoms with E-state index in [1.807, 2.05) is 60.7 Å². The molecule has 1 saturated heterocycles. The maximum Gasteiger partial charge on any atom is 0.234 e. The zero-order chi connectivity index (χ0) is 28.2. The van der Waals surface area contributed by atoms with E-state index in [1.54, 1.807) is 13.8 Å². The summed E-state index contributed by atoms with van der Waals surface area (Å²) in [5.41, 5.74) is -0.949. The molecular formula is C30H32N2O7. The lowest BCUT2D eigenvalue weighted by atomic mass is 9.63. The highest BCUT2D eigenvalue weighted by Crippen LogP contribution is 2.73. The van der Waals surface area contributed by atoms with Gasteiger partial charge in [-0.15, -0.1) is 0 Å². The number of aliphatic hydroxyl groups is 3. The molecule has 2 bridgehead atoms. The molecule has 0 spiro atoms. The minimum Gasteiger partial charge on any atom is -0.394 e. The molecule has 0 radical (unpaired) electrons. The first-order valence-electron chi connectivity index (χ1n) is 13.0. The van der Waals surface area contributed by atoms with Crippen LogP contribution in [0.5, 0.6) is 0 Å². The van der Waals surface area contributed by atoms with Crippen LogP contribution in [0.2, 0.25) is 0 Å². The minimum atomic E-state index is -1.61. The normalized spacial score (nSPS) is 27.9. The standard InChI is InChI=1S/C30H32N2O7/c1-28-21(18-9-5-3-6-10-18)22(19-11-7-4-8-12-19)29(2,27(28)39)24-23(28)25(37)32(26(24)38)14-13-20(36)31-30(15-33,16-34)17-35/h3-12,23-24,33-35H,13-17H2,1-2H3,(H,31,36). The molecule has 2 aliphatic carbocycles. The number of nitrogens with zero attached hydrogens (tertiary/aromatic N) is 1. The largest absolute Gasteiger partial charge is 0.394 e. The van der Waals surface area contributed by atoms with E-state index in [9.17, 15) is 34.5 Å². The predicted octanol–water partition coefficient (Wildman–Crippen LogP) is 1.03. The van der Waals surface area contributed by atoms with Gasteiger partial charge < -0.3 is 20.6 Å². The summed E-state index contributed by atoms with van der Waals surface area (Å²) < 4.78 is 0. The van der Waals surface area contributed by atoms with E-state index in [2.05, 4.69) is 5.32 Å². The van der Waals surface area contributed by atoms with Crippen molar-refractivity contribution in [2.75, 3.05) is 26.4 Å². The highest BCUT2D eigenvalue weighted by Gasteiger charge is 2.78. The molecular weight excluding hydrogens is 500 g/mol. The maximum absolute atomic E-state index is 14.2. The van der Waals surface area contributed by atoms with Crippen LogP contribution in [0.3, 0.4) is 0 Å². The fourth-order valence-corrected chi connectivity index (χ4v) is 6.93. The number of carbonyl (C=O) groups is 4. The Hall–Kier alpha value is -3.66. The van der Waals surface area contributed by atoms with E-state index in [-0.39, 0.29) is 18.7 Å². The molecule has 1 aliphatic heterocycles. The van der Waals surface area contributed by atoms with E-state index < -0.39 is 65.7 Å². The number of ketones is 1. The van der Waals surface area contributed by atoms with Crippen molar-refractivity contribution in [1.82, 2.24) is 10.2 Å². The van der Waals surface area contributed by atoms with E-state index in [1.165, 1.54) is 0 Å². The molecule has 2 aromatic rings. The zero-order valence-electron chi connectivity index (χ0n) is 21.9. The number of allylic oxidation sites excluding steroid dienone is 2. The third-order valence-electron chi connectivity index (χ3n) is 8.87. The van der Waals surface area contributed by atoms with Gasteiger partial charge in [-0.2, -0.15) is 0 Å². The Bertz CT molecular complexity index is 1280. The molecule has 3 amide bonds. The van der Waals surface area contributed by atoms with Crippen LogP contribution in [0.1, 0.15) is 31.4 Å². The average molecular weight is 533 g/mol. The monoisotopic (exact) mass is 532 g/mol. The van der Waals surface area contributed by atoms with Gasteiger partial charge in [-0.1, -0.05) is 60.7 Å². The van der Waals surface area contributed by atoms with Crippen LogP contribution in [0.4, 0.5) is 0 Å². The smallest absolute Gasteiger partial charge is 0.234 e. The van der Waals surface area contributed by atoms with E-state index >= 15 is 0 Å². The van der Waals surface area contributed by atoms with Crippen molar-refractivity contribution in [2.24, 2.45) is 22.7 Å². The molecule has 4 atom stereocenters. The third kappa shape index (κ3) is 3.64. The number of benzene rings is 2. The van der Waals surface area contributed by atoms with Crippen molar-refractivity contribution in [1.29, 1.82) is 0 Å². The second-order valence-electron chi connectivity index (χ2n) is 11.1. The van der Waals surface area contributed by atoms with Gasteiger partial charge in [0, 0.05) is 13.0 Å². The predicted molar refractivity (Wildman–Crippen MR) is 141 cm³/mol. The van der Waals surface area contributed by atoms with Crippen molar-refractivity contribution < 1.29 is 34.5 Å². The number of likely N-dealkylation sites (tertiary alicyclic amines) is 1. The molecule has 0 aromatic heterocycles. The minimum absolute atomic E-state index is 0.152. The lowest BCUT2D eigenvalue weighted by Crippen LogP contribution is -2.57. The van der Waals surface area contributed by atoms with Crippen LogP contribution >= 0.6 is 0 Å². The van der Waals surface area contributed by atoms with Gasteiger partial charge in [0.15, 0.2) is 5.78 Å². The molecule has 2 fully saturated rings. The fourth-order valence-electron chi connectivity index (χ4n) is 6.93. The Morgan fingerprint density at radius 3 is 1.59 bits per heavy atom. The number of rotatable bonds is 9. The first kappa shape index (κ1) is 26.9. The van der Waals surface area contributed by atoms with Crippen LogP contribution in [0.25, 0.3) is 11.1 Å². The summed E-state index contributed by atoms with van der Waals surface area (Å²) in [6.45, 7) is 1.23. The Morgan fingerprint density at radius 1 is 0.795 bits per heavy atom. The Kier molecular flexibility index (Phi) is 6.57. The van der Waals surface area contributed by atoms with Crippen LogP contribution in [0.15, 0.2) is 60.7 Å². The number of hydrogen-bond donors (Lipinski definition) is 4. The van der Waals surface area contributed by atoms with Gasteiger partial charge in [0.05, 0.1) is 42.5 Å². The fraction of sp³-hybridized carbons (Fsp3) is 0.400. The third-order valence-corrected chi connectivity index (χ3v) is 8.87. The second kappa shape index (κ2) is 9.51. The summed E-state index contributed by atoms with van der Waals surface area (Å²) in [5, 5.41) is 30.9. The van der Waals surface area contributed by atoms with Crippen molar-refractivity contribution >= 4 is 34.7 Å². The molecule has 204 valence electrons. The first-order valence-corrected chi connectivity index (χ1v) is 13.0. The number of nitrogens with one attached hydrogen (secondary N) is 1. The molecule has 9 nitrogen and oxygen atoms in total. The average Bonchev–Trinajstić information content (AvgIpc) is 3.40. The molecule has 4 N–H and O–H groups in total. The summed E-state index contributed by atoms with van der Waals surface area (Å²) in [4.78, 5) is 55.6. The van der Waals surface area contributed by atoms with Gasteiger partial charge in [-0.25, -0.2) is 0 Å². The van der Waals surface area contributed by atoms with E-state index in [4.69, 9.17) is 0 Å². The lowest BCUT2D eigenvalue weighted by Gasteiger charge is -2.35. The van der Waals surface area contributed by atoms with E-state index in [0.717, 1.165) is 27.2 Å². The van der Waals surface area contributed by atoms with Gasteiger partial charge in [0.1, 0.15) is 5.54 Å². The molecule has 5 rings (SSSR count). The van der Waals surface area contributed by atoms with Gasteiger partial charge in [-0.3, -0.25) is 24.1 Å². The summed E-state index contributed by atoms with van der Waals surface area (Å²) >= 11 is 0. The SMILES string of the molecule is CC12C(=O)C(C)(C(c3ccccc3)=C1c1ccccc1)C1C(=O)N(CCC(=O)NC(CO)(CO)CO)C(=O)C12. The number of Topliss-reactive ketones (excluding diaryl/α,β-unsaturated/α-hetero) is 1. The molecule has 9 heteroatoms. The Balaban J connectivity index is 1.53. The zero-order valence-corrected chi connectivity index (χ0v) is 21.9. The first-order chi connectivity index (χ1) is 18.6. The van der Waals surface area contributed by atoms with Crippen molar-refractivity contribution in [2.45, 2.75) is 25.8 Å². The van der Waals surface area contributed by atoms with Crippen LogP contribution in [-0.4, -0.2) is 75.6 Å². The molecule has 1 heterocycles. The van der Waals surface area contributed by atoms with Gasteiger partial charge in [-0.05, 0) is 36.1 Å². The Labute approximate surface area is 226 Å². The highest BCUT2D eigenvalue weighted by molar-refractivity contribution is 6.29. The highest BCUT2D eigenvalue weighted by atomic mass is 16.3.